The van der Waals surface area contributed by atoms with Crippen LogP contribution in [-0.4, -0.2) is 63.7 Å². The van der Waals surface area contributed by atoms with Crippen molar-refractivity contribution < 1.29 is 14.7 Å². The number of rotatable bonds is 7. The number of carbonyl (C=O) groups is 2. The Balaban J connectivity index is 1.46. The molecule has 2 bridgehead atoms. The van der Waals surface area contributed by atoms with Crippen LogP contribution in [0.3, 0.4) is 0 Å². The van der Waals surface area contributed by atoms with Crippen molar-refractivity contribution in [2.75, 3.05) is 13.1 Å². The van der Waals surface area contributed by atoms with E-state index >= 15 is 0 Å². The highest BCUT2D eigenvalue weighted by molar-refractivity contribution is 5.97. The summed E-state index contributed by atoms with van der Waals surface area (Å²) in [7, 11) is 0. The molecule has 1 unspecified atom stereocenters. The minimum atomic E-state index is -0.616. The summed E-state index contributed by atoms with van der Waals surface area (Å²) in [6.07, 6.45) is 3.03. The van der Waals surface area contributed by atoms with Crippen LogP contribution < -0.4 is 16.2 Å². The van der Waals surface area contributed by atoms with Gasteiger partial charge in [0.25, 0.3) is 11.5 Å². The molecule has 0 saturated carbocycles. The summed E-state index contributed by atoms with van der Waals surface area (Å²) in [4.78, 5) is 39.8. The number of para-hydroxylation sites is 1. The van der Waals surface area contributed by atoms with Gasteiger partial charge in [-0.15, -0.1) is 0 Å². The summed E-state index contributed by atoms with van der Waals surface area (Å²) in [5, 5.41) is 17.0. The van der Waals surface area contributed by atoms with Crippen LogP contribution in [0.5, 0.6) is 0 Å². The van der Waals surface area contributed by atoms with Crippen LogP contribution in [0.25, 0.3) is 10.9 Å². The summed E-state index contributed by atoms with van der Waals surface area (Å²) in [5.41, 5.74) is 0.754. The maximum absolute atomic E-state index is 13.2. The van der Waals surface area contributed by atoms with Gasteiger partial charge in [0.05, 0.1) is 11.6 Å². The lowest BCUT2D eigenvalue weighted by molar-refractivity contribution is -0.119. The second-order valence-electron chi connectivity index (χ2n) is 9.70. The van der Waals surface area contributed by atoms with Gasteiger partial charge in [-0.05, 0) is 57.0 Å². The summed E-state index contributed by atoms with van der Waals surface area (Å²) in [5.74, 6) is -0.465. The molecule has 3 N–H and O–H groups in total. The van der Waals surface area contributed by atoms with Gasteiger partial charge in [0.15, 0.2) is 0 Å². The zero-order chi connectivity index (χ0) is 23.7. The molecule has 4 atom stereocenters. The first-order chi connectivity index (χ1) is 15.7. The Morgan fingerprint density at radius 2 is 1.82 bits per heavy atom. The number of aromatic nitrogens is 1. The van der Waals surface area contributed by atoms with Gasteiger partial charge in [-0.1, -0.05) is 18.2 Å². The molecule has 178 valence electrons. The Hall–Kier alpha value is -2.71. The third kappa shape index (κ3) is 4.96. The van der Waals surface area contributed by atoms with Crippen molar-refractivity contribution >= 4 is 22.7 Å². The molecule has 4 rings (SSSR count). The highest BCUT2D eigenvalue weighted by Crippen LogP contribution is 2.35. The summed E-state index contributed by atoms with van der Waals surface area (Å²) >= 11 is 0. The number of fused-ring (bicyclic) bond motifs is 3. The summed E-state index contributed by atoms with van der Waals surface area (Å²) < 4.78 is 1.69. The number of nitrogens with zero attached hydrogens (tertiary/aromatic N) is 2. The number of amides is 2. The smallest absolute Gasteiger partial charge is 0.264 e. The number of pyridine rings is 1. The molecule has 3 heterocycles. The molecule has 8 nitrogen and oxygen atoms in total. The van der Waals surface area contributed by atoms with Gasteiger partial charge in [-0.25, -0.2) is 0 Å². The monoisotopic (exact) mass is 454 g/mol. The van der Waals surface area contributed by atoms with Crippen LogP contribution in [0.15, 0.2) is 35.1 Å². The Labute approximate surface area is 194 Å². The predicted molar refractivity (Wildman–Crippen MR) is 127 cm³/mol. The normalized spacial score (nSPS) is 23.6. The highest BCUT2D eigenvalue weighted by Gasteiger charge is 2.41. The van der Waals surface area contributed by atoms with Gasteiger partial charge >= 0.3 is 0 Å². The molecule has 2 aromatic rings. The van der Waals surface area contributed by atoms with Crippen LogP contribution in [0.4, 0.5) is 0 Å². The Kier molecular flexibility index (Phi) is 6.86. The van der Waals surface area contributed by atoms with Crippen LogP contribution in [0.2, 0.25) is 0 Å². The van der Waals surface area contributed by atoms with E-state index in [-0.39, 0.29) is 53.6 Å². The van der Waals surface area contributed by atoms with Crippen molar-refractivity contribution in [3.63, 3.8) is 0 Å². The van der Waals surface area contributed by atoms with Gasteiger partial charge in [0, 0.05) is 44.2 Å². The molecule has 2 amide bonds. The molecule has 33 heavy (non-hydrogen) atoms. The van der Waals surface area contributed by atoms with E-state index in [9.17, 15) is 19.5 Å². The van der Waals surface area contributed by atoms with Gasteiger partial charge in [0.2, 0.25) is 5.91 Å². The molecule has 2 aliphatic rings. The summed E-state index contributed by atoms with van der Waals surface area (Å²) in [6.45, 7) is 6.10. The fraction of sp³-hybridized carbons (Fsp3) is 0.560. The number of hydrogen-bond donors (Lipinski definition) is 3. The predicted octanol–water partition coefficient (Wildman–Crippen LogP) is 1.80. The molecule has 0 aliphatic carbocycles. The number of benzene rings is 1. The maximum atomic E-state index is 13.2. The molecule has 1 aromatic carbocycles. The van der Waals surface area contributed by atoms with Crippen LogP contribution in [-0.2, 0) is 4.79 Å². The van der Waals surface area contributed by atoms with E-state index in [1.165, 1.54) is 6.92 Å². The Morgan fingerprint density at radius 3 is 2.45 bits per heavy atom. The quantitative estimate of drug-likeness (QED) is 0.592. The number of nitrogens with one attached hydrogen (secondary N) is 2. The van der Waals surface area contributed by atoms with Crippen LogP contribution in [0.1, 0.15) is 62.9 Å². The van der Waals surface area contributed by atoms with Crippen molar-refractivity contribution in [1.82, 2.24) is 20.1 Å². The first-order valence-corrected chi connectivity index (χ1v) is 11.9. The largest absolute Gasteiger partial charge is 0.390 e. The van der Waals surface area contributed by atoms with E-state index in [0.717, 1.165) is 36.6 Å². The molecule has 2 saturated heterocycles. The van der Waals surface area contributed by atoms with E-state index in [1.54, 1.807) is 10.6 Å². The zero-order valence-electron chi connectivity index (χ0n) is 19.6. The molecule has 0 spiro atoms. The van der Waals surface area contributed by atoms with Gasteiger partial charge in [0.1, 0.15) is 5.56 Å². The average Bonchev–Trinajstić information content (AvgIpc) is 2.99. The number of piperidine rings is 1. The maximum Gasteiger partial charge on any atom is 0.264 e. The number of carbonyl (C=O) groups excluding carboxylic acids is 2. The van der Waals surface area contributed by atoms with Crippen molar-refractivity contribution in [3.8, 4) is 0 Å². The third-order valence-corrected chi connectivity index (χ3v) is 6.93. The molecule has 2 aliphatic heterocycles. The third-order valence-electron chi connectivity index (χ3n) is 6.93. The van der Waals surface area contributed by atoms with Crippen molar-refractivity contribution in [1.29, 1.82) is 0 Å². The van der Waals surface area contributed by atoms with Gasteiger partial charge in [-0.3, -0.25) is 19.3 Å². The summed E-state index contributed by atoms with van der Waals surface area (Å²) in [6, 6.07) is 9.85. The lowest BCUT2D eigenvalue weighted by Crippen LogP contribution is -2.53. The van der Waals surface area contributed by atoms with Crippen molar-refractivity contribution in [2.45, 2.75) is 76.7 Å². The molecule has 8 heteroatoms. The number of aliphatic hydroxyl groups excluding tert-OH is 1. The first kappa shape index (κ1) is 23.4. The SMILES string of the molecule is CC(=O)NCC(O)CN1[C@@H]2CC[C@H]1C[C@H](NC(=O)c1cc3ccccc3n(C(C)C)c1=O)C2. The molecule has 2 fully saturated rings. The Morgan fingerprint density at radius 1 is 1.15 bits per heavy atom. The van der Waals surface area contributed by atoms with E-state index in [0.29, 0.717) is 6.54 Å². The highest BCUT2D eigenvalue weighted by atomic mass is 16.3. The fourth-order valence-electron chi connectivity index (χ4n) is 5.48. The minimum absolute atomic E-state index is 0.00268. The first-order valence-electron chi connectivity index (χ1n) is 11.9. The molecule has 1 aromatic heterocycles. The minimum Gasteiger partial charge on any atom is -0.390 e. The Bertz CT molecular complexity index is 1080. The standard InChI is InChI=1S/C25H34N4O4/c1-15(2)29-23-7-5-4-6-17(23)10-22(25(29)33)24(32)27-18-11-19-8-9-20(12-18)28(19)14-21(31)13-26-16(3)30/h4-7,10,15,18-21,31H,8-9,11-14H2,1-3H3,(H,26,30)(H,27,32)/t18-,19-,20+,21?. The van der Waals surface area contributed by atoms with E-state index in [1.807, 2.05) is 38.1 Å². The molecular weight excluding hydrogens is 420 g/mol. The van der Waals surface area contributed by atoms with Gasteiger partial charge in [-0.2, -0.15) is 0 Å². The second kappa shape index (κ2) is 9.65. The second-order valence-corrected chi connectivity index (χ2v) is 9.70. The molecular formula is C25H34N4O4. The van der Waals surface area contributed by atoms with Crippen molar-refractivity contribution in [3.05, 3.63) is 46.2 Å². The number of aliphatic hydroxyl groups is 1. The van der Waals surface area contributed by atoms with Crippen LogP contribution in [0, 0.1) is 0 Å². The van der Waals surface area contributed by atoms with Crippen LogP contribution >= 0.6 is 0 Å². The number of hydrogen-bond acceptors (Lipinski definition) is 5. The van der Waals surface area contributed by atoms with Crippen molar-refractivity contribution in [2.24, 2.45) is 0 Å². The lowest BCUT2D eigenvalue weighted by Gasteiger charge is -2.40. The average molecular weight is 455 g/mol. The lowest BCUT2D eigenvalue weighted by atomic mass is 9.96. The molecule has 0 radical (unpaired) electrons. The topological polar surface area (TPSA) is 104 Å². The fourth-order valence-corrected chi connectivity index (χ4v) is 5.48. The van der Waals surface area contributed by atoms with E-state index in [2.05, 4.69) is 15.5 Å². The zero-order valence-corrected chi connectivity index (χ0v) is 19.6. The van der Waals surface area contributed by atoms with E-state index < -0.39 is 6.10 Å². The van der Waals surface area contributed by atoms with E-state index in [4.69, 9.17) is 0 Å². The van der Waals surface area contributed by atoms with Gasteiger partial charge < -0.3 is 20.3 Å².